The number of halogens is 2. The number of nitrogens with one attached hydrogen (secondary N) is 2. The summed E-state index contributed by atoms with van der Waals surface area (Å²) in [5, 5.41) is 25.9. The van der Waals surface area contributed by atoms with Gasteiger partial charge in [-0.05, 0) is 50.2 Å². The molecule has 4 rings (SSSR count). The number of hydrogen-bond donors (Lipinski definition) is 3. The SMILES string of the molecule is CC[C@@H](CO)Nc1ncc2nc(Nc3c(Cl)cc(C#N)cc3Cl)n([C@H]3CC[C@@H](C)CC3)c2n1. The zero-order chi connectivity index (χ0) is 23.5. The van der Waals surface area contributed by atoms with Crippen molar-refractivity contribution < 1.29 is 5.11 Å². The van der Waals surface area contributed by atoms with Gasteiger partial charge in [-0.2, -0.15) is 10.2 Å². The lowest BCUT2D eigenvalue weighted by atomic mass is 9.87. The molecule has 1 saturated carbocycles. The fraction of sp³-hybridized carbons (Fsp3) is 0.478. The minimum absolute atomic E-state index is 0.000167. The van der Waals surface area contributed by atoms with Crippen molar-refractivity contribution in [1.29, 1.82) is 5.26 Å². The molecular weight excluding hydrogens is 461 g/mol. The topological polar surface area (TPSA) is 112 Å². The molecule has 8 nitrogen and oxygen atoms in total. The molecule has 0 aliphatic heterocycles. The molecular formula is C23H27Cl2N7O. The number of rotatable bonds is 7. The Morgan fingerprint density at radius 2 is 1.91 bits per heavy atom. The van der Waals surface area contributed by atoms with Crippen LogP contribution in [0.15, 0.2) is 18.3 Å². The highest BCUT2D eigenvalue weighted by Crippen LogP contribution is 2.39. The van der Waals surface area contributed by atoms with Crippen LogP contribution in [0.3, 0.4) is 0 Å². The van der Waals surface area contributed by atoms with Crippen LogP contribution in [0.2, 0.25) is 10.0 Å². The number of aromatic nitrogens is 4. The molecule has 1 aromatic carbocycles. The van der Waals surface area contributed by atoms with Crippen molar-refractivity contribution in [3.05, 3.63) is 33.9 Å². The molecule has 0 radical (unpaired) electrons. The predicted octanol–water partition coefficient (Wildman–Crippen LogP) is 5.68. The van der Waals surface area contributed by atoms with E-state index in [1.165, 1.54) is 0 Å². The normalized spacial score (nSPS) is 19.3. The van der Waals surface area contributed by atoms with Crippen molar-refractivity contribution in [2.24, 2.45) is 5.92 Å². The molecule has 2 heterocycles. The van der Waals surface area contributed by atoms with Crippen molar-refractivity contribution in [2.45, 2.75) is 58.0 Å². The van der Waals surface area contributed by atoms with Gasteiger partial charge in [0.15, 0.2) is 5.65 Å². The van der Waals surface area contributed by atoms with Gasteiger partial charge in [-0.1, -0.05) is 37.0 Å². The highest BCUT2D eigenvalue weighted by Gasteiger charge is 2.26. The molecule has 0 spiro atoms. The third-order valence-electron chi connectivity index (χ3n) is 6.24. The van der Waals surface area contributed by atoms with Crippen LogP contribution < -0.4 is 10.6 Å². The molecule has 0 saturated heterocycles. The summed E-state index contributed by atoms with van der Waals surface area (Å²) < 4.78 is 2.11. The number of fused-ring (bicyclic) bond motifs is 1. The molecule has 0 unspecified atom stereocenters. The lowest BCUT2D eigenvalue weighted by Gasteiger charge is -2.28. The van der Waals surface area contributed by atoms with E-state index in [1.54, 1.807) is 18.3 Å². The van der Waals surface area contributed by atoms with Crippen molar-refractivity contribution in [3.63, 3.8) is 0 Å². The van der Waals surface area contributed by atoms with Crippen molar-refractivity contribution >= 4 is 51.9 Å². The smallest absolute Gasteiger partial charge is 0.225 e. The zero-order valence-corrected chi connectivity index (χ0v) is 20.2. The maximum Gasteiger partial charge on any atom is 0.225 e. The van der Waals surface area contributed by atoms with E-state index in [2.05, 4.69) is 33.2 Å². The van der Waals surface area contributed by atoms with Gasteiger partial charge in [0.25, 0.3) is 0 Å². The van der Waals surface area contributed by atoms with Gasteiger partial charge in [-0.25, -0.2) is 9.97 Å². The standard InChI is InChI=1S/C23H27Cl2N7O/c1-3-15(12-33)28-22-27-11-19-21(31-22)32(16-6-4-13(2)5-7-16)23(29-19)30-20-17(24)8-14(10-26)9-18(20)25/h8-9,11,13,15-16,33H,3-7,12H2,1-2H3,(H,29,30)(H,27,28,31)/t13-,15-,16+/m0/s1. The summed E-state index contributed by atoms with van der Waals surface area (Å²) in [5.41, 5.74) is 2.25. The zero-order valence-electron chi connectivity index (χ0n) is 18.6. The Morgan fingerprint density at radius 1 is 1.21 bits per heavy atom. The van der Waals surface area contributed by atoms with Crippen LogP contribution in [0, 0.1) is 17.2 Å². The molecule has 2 aromatic heterocycles. The first kappa shape index (κ1) is 23.6. The van der Waals surface area contributed by atoms with Crippen LogP contribution >= 0.6 is 23.2 Å². The molecule has 1 aliphatic rings. The molecule has 0 amide bonds. The number of nitrogens with zero attached hydrogens (tertiary/aromatic N) is 5. The van der Waals surface area contributed by atoms with E-state index in [-0.39, 0.29) is 18.7 Å². The number of nitriles is 1. The third kappa shape index (κ3) is 5.01. The van der Waals surface area contributed by atoms with Crippen LogP contribution in [0.5, 0.6) is 0 Å². The van der Waals surface area contributed by atoms with E-state index in [0.29, 0.717) is 50.3 Å². The highest BCUT2D eigenvalue weighted by atomic mass is 35.5. The lowest BCUT2D eigenvalue weighted by molar-refractivity contribution is 0.271. The maximum absolute atomic E-state index is 9.55. The molecule has 1 atom stereocenters. The third-order valence-corrected chi connectivity index (χ3v) is 6.83. The fourth-order valence-corrected chi connectivity index (χ4v) is 4.81. The first-order valence-corrected chi connectivity index (χ1v) is 12.0. The van der Waals surface area contributed by atoms with Crippen LogP contribution in [0.4, 0.5) is 17.6 Å². The van der Waals surface area contributed by atoms with E-state index in [1.807, 2.05) is 6.92 Å². The second kappa shape index (κ2) is 10.1. The number of aliphatic hydroxyl groups is 1. The molecule has 1 fully saturated rings. The van der Waals surface area contributed by atoms with Gasteiger partial charge in [0.2, 0.25) is 11.9 Å². The van der Waals surface area contributed by atoms with E-state index < -0.39 is 0 Å². The molecule has 3 N–H and O–H groups in total. The monoisotopic (exact) mass is 487 g/mol. The Balaban J connectivity index is 1.78. The van der Waals surface area contributed by atoms with Gasteiger partial charge < -0.3 is 15.7 Å². The minimum Gasteiger partial charge on any atom is -0.394 e. The summed E-state index contributed by atoms with van der Waals surface area (Å²) in [6, 6.07) is 5.30. The number of aliphatic hydroxyl groups excluding tert-OH is 1. The predicted molar refractivity (Wildman–Crippen MR) is 131 cm³/mol. The first-order chi connectivity index (χ1) is 15.9. The number of benzene rings is 1. The summed E-state index contributed by atoms with van der Waals surface area (Å²) in [7, 11) is 0. The summed E-state index contributed by atoms with van der Waals surface area (Å²) in [6.45, 7) is 4.27. The number of imidazole rings is 1. The molecule has 174 valence electrons. The minimum atomic E-state index is -0.122. The van der Waals surface area contributed by atoms with Crippen LogP contribution in [0.25, 0.3) is 11.2 Å². The number of hydrogen-bond acceptors (Lipinski definition) is 7. The second-order valence-corrected chi connectivity index (χ2v) is 9.42. The van der Waals surface area contributed by atoms with Crippen molar-refractivity contribution in [1.82, 2.24) is 19.5 Å². The molecule has 3 aromatic rings. The molecule has 0 bridgehead atoms. The van der Waals surface area contributed by atoms with Crippen LogP contribution in [0.1, 0.15) is 57.6 Å². The fourth-order valence-electron chi connectivity index (χ4n) is 4.22. The number of anilines is 3. The Morgan fingerprint density at radius 3 is 2.52 bits per heavy atom. The van der Waals surface area contributed by atoms with E-state index >= 15 is 0 Å². The first-order valence-electron chi connectivity index (χ1n) is 11.2. The van der Waals surface area contributed by atoms with Gasteiger partial charge in [-0.15, -0.1) is 0 Å². The average Bonchev–Trinajstić information content (AvgIpc) is 3.17. The van der Waals surface area contributed by atoms with Gasteiger partial charge >= 0.3 is 0 Å². The Hall–Kier alpha value is -2.60. The van der Waals surface area contributed by atoms with Crippen molar-refractivity contribution in [3.8, 4) is 6.07 Å². The van der Waals surface area contributed by atoms with Gasteiger partial charge in [-0.3, -0.25) is 4.57 Å². The second-order valence-electron chi connectivity index (χ2n) is 8.61. The van der Waals surface area contributed by atoms with Gasteiger partial charge in [0.05, 0.1) is 46.2 Å². The van der Waals surface area contributed by atoms with E-state index in [4.69, 9.17) is 33.2 Å². The van der Waals surface area contributed by atoms with Crippen molar-refractivity contribution in [2.75, 3.05) is 17.2 Å². The average molecular weight is 488 g/mol. The molecule has 1 aliphatic carbocycles. The van der Waals surface area contributed by atoms with Crippen LogP contribution in [-0.4, -0.2) is 37.3 Å². The van der Waals surface area contributed by atoms with Crippen LogP contribution in [-0.2, 0) is 0 Å². The van der Waals surface area contributed by atoms with Gasteiger partial charge in [0.1, 0.15) is 5.52 Å². The summed E-state index contributed by atoms with van der Waals surface area (Å²) in [5.74, 6) is 1.73. The summed E-state index contributed by atoms with van der Waals surface area (Å²) in [6.07, 6.45) is 6.71. The Bertz CT molecular complexity index is 1150. The summed E-state index contributed by atoms with van der Waals surface area (Å²) >= 11 is 12.9. The molecule has 33 heavy (non-hydrogen) atoms. The highest BCUT2D eigenvalue weighted by molar-refractivity contribution is 6.39. The quantitative estimate of drug-likeness (QED) is 0.392. The maximum atomic E-state index is 9.55. The van der Waals surface area contributed by atoms with E-state index in [0.717, 1.165) is 32.1 Å². The summed E-state index contributed by atoms with van der Waals surface area (Å²) in [4.78, 5) is 13.9. The Kier molecular flexibility index (Phi) is 7.23. The molecule has 10 heteroatoms. The van der Waals surface area contributed by atoms with E-state index in [9.17, 15) is 10.4 Å². The lowest BCUT2D eigenvalue weighted by Crippen LogP contribution is -2.24. The largest absolute Gasteiger partial charge is 0.394 e. The Labute approximate surface area is 203 Å². The van der Waals surface area contributed by atoms with Gasteiger partial charge in [0, 0.05) is 6.04 Å².